The Morgan fingerprint density at radius 3 is 2.53 bits per heavy atom. The molecule has 0 bridgehead atoms. The van der Waals surface area contributed by atoms with Gasteiger partial charge in [-0.15, -0.1) is 0 Å². The summed E-state index contributed by atoms with van der Waals surface area (Å²) in [6.07, 6.45) is 1.14. The predicted octanol–water partition coefficient (Wildman–Crippen LogP) is 3.98. The van der Waals surface area contributed by atoms with Gasteiger partial charge in [0, 0.05) is 25.3 Å². The van der Waals surface area contributed by atoms with Crippen LogP contribution in [0.1, 0.15) is 45.7 Å². The molecule has 1 N–H and O–H groups in total. The van der Waals surface area contributed by atoms with Gasteiger partial charge >= 0.3 is 0 Å². The maximum Gasteiger partial charge on any atom is 0.123 e. The molecule has 0 aliphatic rings. The number of nitrogens with zero attached hydrogens (tertiary/aromatic N) is 1. The van der Waals surface area contributed by atoms with Crippen LogP contribution in [0.4, 0.5) is 10.1 Å². The molecule has 2 nitrogen and oxygen atoms in total. The molecule has 0 saturated heterocycles. The summed E-state index contributed by atoms with van der Waals surface area (Å²) in [6.45, 7) is 10.5. The minimum atomic E-state index is -0.166. The van der Waals surface area contributed by atoms with Crippen molar-refractivity contribution in [1.29, 1.82) is 0 Å². The highest BCUT2D eigenvalue weighted by Gasteiger charge is 2.14. The summed E-state index contributed by atoms with van der Waals surface area (Å²) in [5.41, 5.74) is 2.16. The van der Waals surface area contributed by atoms with E-state index in [1.807, 2.05) is 6.07 Å². The minimum Gasteiger partial charge on any atom is -0.374 e. The van der Waals surface area contributed by atoms with Gasteiger partial charge in [-0.3, -0.25) is 0 Å². The van der Waals surface area contributed by atoms with Gasteiger partial charge in [0.05, 0.1) is 0 Å². The molecule has 1 aromatic rings. The fourth-order valence-electron chi connectivity index (χ4n) is 2.21. The summed E-state index contributed by atoms with van der Waals surface area (Å²) in [4.78, 5) is 2.22. The lowest BCUT2D eigenvalue weighted by Gasteiger charge is -2.26. The smallest absolute Gasteiger partial charge is 0.123 e. The van der Waals surface area contributed by atoms with Crippen LogP contribution in [0.2, 0.25) is 0 Å². The van der Waals surface area contributed by atoms with Gasteiger partial charge in [0.1, 0.15) is 5.82 Å². The largest absolute Gasteiger partial charge is 0.374 e. The van der Waals surface area contributed by atoms with Gasteiger partial charge in [0.25, 0.3) is 0 Å². The molecule has 0 aliphatic carbocycles. The van der Waals surface area contributed by atoms with Crippen molar-refractivity contribution in [3.63, 3.8) is 0 Å². The molecule has 0 amide bonds. The van der Waals surface area contributed by atoms with Crippen LogP contribution in [0.5, 0.6) is 0 Å². The zero-order valence-corrected chi connectivity index (χ0v) is 12.8. The number of hydrogen-bond acceptors (Lipinski definition) is 2. The second-order valence-corrected chi connectivity index (χ2v) is 5.59. The summed E-state index contributed by atoms with van der Waals surface area (Å²) in [6, 6.07) is 5.24. The fourth-order valence-corrected chi connectivity index (χ4v) is 2.21. The Bertz CT molecular complexity index is 390. The maximum atomic E-state index is 13.5. The second kappa shape index (κ2) is 7.49. The van der Waals surface area contributed by atoms with Crippen LogP contribution < -0.4 is 10.2 Å². The lowest BCUT2D eigenvalue weighted by Crippen LogP contribution is -2.25. The molecule has 0 spiro atoms. The first-order valence-electron chi connectivity index (χ1n) is 7.19. The molecule has 1 aromatic carbocycles. The van der Waals surface area contributed by atoms with E-state index in [1.54, 1.807) is 12.1 Å². The Balaban J connectivity index is 2.92. The first-order chi connectivity index (χ1) is 8.95. The monoisotopic (exact) mass is 266 g/mol. The summed E-state index contributed by atoms with van der Waals surface area (Å²) >= 11 is 0. The van der Waals surface area contributed by atoms with Gasteiger partial charge in [-0.2, -0.15) is 0 Å². The molecule has 3 heteroatoms. The predicted molar refractivity (Wildman–Crippen MR) is 81.2 cm³/mol. The van der Waals surface area contributed by atoms with Crippen molar-refractivity contribution in [2.45, 2.75) is 40.2 Å². The van der Waals surface area contributed by atoms with Crippen molar-refractivity contribution in [2.75, 3.05) is 25.0 Å². The molecular weight excluding hydrogens is 239 g/mol. The second-order valence-electron chi connectivity index (χ2n) is 5.59. The Labute approximate surface area is 117 Å². The SMILES string of the molecule is CCNC(C)c1cc(F)ccc1N(C)CCC(C)C. The number of rotatable bonds is 7. The first kappa shape index (κ1) is 16.0. The van der Waals surface area contributed by atoms with Crippen molar-refractivity contribution in [3.8, 4) is 0 Å². The van der Waals surface area contributed by atoms with Gasteiger partial charge in [-0.1, -0.05) is 20.8 Å². The minimum absolute atomic E-state index is 0.164. The summed E-state index contributed by atoms with van der Waals surface area (Å²) in [5, 5.41) is 3.36. The van der Waals surface area contributed by atoms with Crippen molar-refractivity contribution in [1.82, 2.24) is 5.32 Å². The Kier molecular flexibility index (Phi) is 6.29. The Morgan fingerprint density at radius 2 is 1.95 bits per heavy atom. The highest BCUT2D eigenvalue weighted by atomic mass is 19.1. The molecule has 0 fully saturated rings. The van der Waals surface area contributed by atoms with Crippen LogP contribution in [-0.4, -0.2) is 20.1 Å². The molecule has 0 saturated carbocycles. The molecule has 0 heterocycles. The normalized spacial score (nSPS) is 12.8. The van der Waals surface area contributed by atoms with Crippen molar-refractivity contribution < 1.29 is 4.39 Å². The Morgan fingerprint density at radius 1 is 1.26 bits per heavy atom. The van der Waals surface area contributed by atoms with Gasteiger partial charge < -0.3 is 10.2 Å². The van der Waals surface area contributed by atoms with Crippen LogP contribution in [0.15, 0.2) is 18.2 Å². The fraction of sp³-hybridized carbons (Fsp3) is 0.625. The number of nitrogens with one attached hydrogen (secondary N) is 1. The highest BCUT2D eigenvalue weighted by molar-refractivity contribution is 5.54. The van der Waals surface area contributed by atoms with Crippen LogP contribution >= 0.6 is 0 Å². The van der Waals surface area contributed by atoms with E-state index in [1.165, 1.54) is 0 Å². The number of halogens is 1. The summed E-state index contributed by atoms with van der Waals surface area (Å²) in [5.74, 6) is 0.512. The molecule has 0 aliphatic heterocycles. The highest BCUT2D eigenvalue weighted by Crippen LogP contribution is 2.27. The molecule has 0 aromatic heterocycles. The lowest BCUT2D eigenvalue weighted by atomic mass is 10.0. The van der Waals surface area contributed by atoms with E-state index >= 15 is 0 Å². The molecule has 1 atom stereocenters. The average molecular weight is 266 g/mol. The van der Waals surface area contributed by atoms with E-state index < -0.39 is 0 Å². The lowest BCUT2D eigenvalue weighted by molar-refractivity contribution is 0.570. The molecule has 0 radical (unpaired) electrons. The van der Waals surface area contributed by atoms with E-state index in [4.69, 9.17) is 0 Å². The third-order valence-electron chi connectivity index (χ3n) is 3.42. The van der Waals surface area contributed by atoms with Crippen molar-refractivity contribution in [2.24, 2.45) is 5.92 Å². The topological polar surface area (TPSA) is 15.3 Å². The van der Waals surface area contributed by atoms with Crippen LogP contribution in [0.3, 0.4) is 0 Å². The van der Waals surface area contributed by atoms with Crippen molar-refractivity contribution in [3.05, 3.63) is 29.6 Å². The summed E-state index contributed by atoms with van der Waals surface area (Å²) in [7, 11) is 2.08. The van der Waals surface area contributed by atoms with Crippen molar-refractivity contribution >= 4 is 5.69 Å². The third-order valence-corrected chi connectivity index (χ3v) is 3.42. The number of anilines is 1. The van der Waals surface area contributed by atoms with E-state index in [9.17, 15) is 4.39 Å². The quantitative estimate of drug-likeness (QED) is 0.803. The standard InChI is InChI=1S/C16H27FN2/c1-6-18-13(4)15-11-14(17)7-8-16(15)19(5)10-9-12(2)3/h7-8,11-13,18H,6,9-10H2,1-5H3. The Hall–Kier alpha value is -1.09. The van der Waals surface area contributed by atoms with E-state index in [0.29, 0.717) is 5.92 Å². The van der Waals surface area contributed by atoms with E-state index in [-0.39, 0.29) is 11.9 Å². The molecule has 1 unspecified atom stereocenters. The van der Waals surface area contributed by atoms with Crippen LogP contribution in [0, 0.1) is 11.7 Å². The zero-order valence-electron chi connectivity index (χ0n) is 12.8. The number of hydrogen-bond donors (Lipinski definition) is 1. The van der Waals surface area contributed by atoms with E-state index in [2.05, 4.69) is 45.0 Å². The summed E-state index contributed by atoms with van der Waals surface area (Å²) < 4.78 is 13.5. The van der Waals surface area contributed by atoms with Gasteiger partial charge in [0.2, 0.25) is 0 Å². The first-order valence-corrected chi connectivity index (χ1v) is 7.19. The molecule has 19 heavy (non-hydrogen) atoms. The molecule has 1 rings (SSSR count). The van der Waals surface area contributed by atoms with E-state index in [0.717, 1.165) is 30.8 Å². The average Bonchev–Trinajstić information content (AvgIpc) is 2.36. The zero-order chi connectivity index (χ0) is 14.4. The molecule has 108 valence electrons. The van der Waals surface area contributed by atoms with Gasteiger partial charge in [0.15, 0.2) is 0 Å². The number of benzene rings is 1. The maximum absolute atomic E-state index is 13.5. The van der Waals surface area contributed by atoms with Gasteiger partial charge in [-0.25, -0.2) is 4.39 Å². The van der Waals surface area contributed by atoms with Gasteiger partial charge in [-0.05, 0) is 49.6 Å². The van der Waals surface area contributed by atoms with Crippen LogP contribution in [0.25, 0.3) is 0 Å². The van der Waals surface area contributed by atoms with Crippen LogP contribution in [-0.2, 0) is 0 Å². The third kappa shape index (κ3) is 4.83. The molecular formula is C16H27FN2.